The van der Waals surface area contributed by atoms with Gasteiger partial charge in [-0.05, 0) is 23.6 Å². The molecule has 1 heterocycles. The highest BCUT2D eigenvalue weighted by Gasteiger charge is 2.20. The SMILES string of the molecule is COCCNC(=O)COC(=O)c1ccccc1NS(=O)(=O)c1cccs1. The highest BCUT2D eigenvalue weighted by atomic mass is 32.2. The normalized spacial score (nSPS) is 11.0. The van der Waals surface area contributed by atoms with Gasteiger partial charge in [-0.1, -0.05) is 18.2 Å². The Labute approximate surface area is 155 Å². The van der Waals surface area contributed by atoms with Gasteiger partial charge in [-0.15, -0.1) is 11.3 Å². The second kappa shape index (κ2) is 9.32. The summed E-state index contributed by atoms with van der Waals surface area (Å²) in [6, 6.07) is 9.08. The van der Waals surface area contributed by atoms with Gasteiger partial charge in [-0.25, -0.2) is 13.2 Å². The van der Waals surface area contributed by atoms with Crippen LogP contribution >= 0.6 is 11.3 Å². The summed E-state index contributed by atoms with van der Waals surface area (Å²) in [5, 5.41) is 4.15. The van der Waals surface area contributed by atoms with E-state index in [0.717, 1.165) is 11.3 Å². The number of carbonyl (C=O) groups excluding carboxylic acids is 2. The van der Waals surface area contributed by atoms with Gasteiger partial charge >= 0.3 is 5.97 Å². The number of thiophene rings is 1. The molecule has 0 aliphatic carbocycles. The number of methoxy groups -OCH3 is 1. The number of amides is 1. The Morgan fingerprint density at radius 2 is 1.92 bits per heavy atom. The lowest BCUT2D eigenvalue weighted by molar-refractivity contribution is -0.124. The van der Waals surface area contributed by atoms with E-state index in [1.807, 2.05) is 0 Å². The van der Waals surface area contributed by atoms with E-state index in [9.17, 15) is 18.0 Å². The Kier molecular flexibility index (Phi) is 7.13. The van der Waals surface area contributed by atoms with Crippen LogP contribution in [-0.4, -0.2) is 47.2 Å². The summed E-state index contributed by atoms with van der Waals surface area (Å²) in [5.74, 6) is -1.29. The number of esters is 1. The largest absolute Gasteiger partial charge is 0.452 e. The standard InChI is InChI=1S/C16H18N2O6S2/c1-23-9-8-17-14(19)11-24-16(20)12-5-2-3-6-13(12)18-26(21,22)15-7-4-10-25-15/h2-7,10,18H,8-9,11H2,1H3,(H,17,19). The van der Waals surface area contributed by atoms with Crippen LogP contribution in [0.4, 0.5) is 5.69 Å². The average molecular weight is 398 g/mol. The zero-order valence-electron chi connectivity index (χ0n) is 13.9. The van der Waals surface area contributed by atoms with Gasteiger partial charge in [0, 0.05) is 13.7 Å². The zero-order valence-corrected chi connectivity index (χ0v) is 15.6. The van der Waals surface area contributed by atoms with Gasteiger partial charge in [-0.3, -0.25) is 9.52 Å². The minimum atomic E-state index is -3.80. The van der Waals surface area contributed by atoms with Gasteiger partial charge in [0.2, 0.25) is 0 Å². The van der Waals surface area contributed by atoms with Gasteiger partial charge in [0.05, 0.1) is 17.9 Å². The third-order valence-electron chi connectivity index (χ3n) is 3.11. The molecule has 0 bridgehead atoms. The molecule has 2 N–H and O–H groups in total. The Morgan fingerprint density at radius 3 is 2.62 bits per heavy atom. The number of hydrogen-bond acceptors (Lipinski definition) is 7. The first kappa shape index (κ1) is 19.9. The van der Waals surface area contributed by atoms with Crippen molar-refractivity contribution < 1.29 is 27.5 Å². The van der Waals surface area contributed by atoms with E-state index in [4.69, 9.17) is 9.47 Å². The fourth-order valence-corrected chi connectivity index (χ4v) is 3.99. The van der Waals surface area contributed by atoms with Gasteiger partial charge < -0.3 is 14.8 Å². The number of nitrogens with one attached hydrogen (secondary N) is 2. The Morgan fingerprint density at radius 1 is 1.15 bits per heavy atom. The predicted octanol–water partition coefficient (Wildman–Crippen LogP) is 1.47. The van der Waals surface area contributed by atoms with E-state index in [1.54, 1.807) is 23.6 Å². The van der Waals surface area contributed by atoms with Crippen molar-refractivity contribution in [1.29, 1.82) is 0 Å². The molecule has 8 nitrogen and oxygen atoms in total. The lowest BCUT2D eigenvalue weighted by Crippen LogP contribution is -2.31. The number of carbonyl (C=O) groups is 2. The average Bonchev–Trinajstić information content (AvgIpc) is 3.16. The molecule has 0 aliphatic rings. The van der Waals surface area contributed by atoms with Crippen molar-refractivity contribution in [3.05, 3.63) is 47.3 Å². The zero-order chi connectivity index (χ0) is 19.0. The molecule has 0 saturated heterocycles. The van der Waals surface area contributed by atoms with Crippen LogP contribution in [0, 0.1) is 0 Å². The maximum Gasteiger partial charge on any atom is 0.340 e. The molecule has 0 unspecified atom stereocenters. The summed E-state index contributed by atoms with van der Waals surface area (Å²) >= 11 is 1.06. The van der Waals surface area contributed by atoms with Gasteiger partial charge in [-0.2, -0.15) is 0 Å². The van der Waals surface area contributed by atoms with E-state index in [2.05, 4.69) is 10.0 Å². The van der Waals surface area contributed by atoms with Crippen molar-refractivity contribution in [3.63, 3.8) is 0 Å². The van der Waals surface area contributed by atoms with Crippen molar-refractivity contribution in [2.45, 2.75) is 4.21 Å². The molecule has 2 rings (SSSR count). The number of para-hydroxylation sites is 1. The summed E-state index contributed by atoms with van der Waals surface area (Å²) in [7, 11) is -2.30. The van der Waals surface area contributed by atoms with Gasteiger partial charge in [0.25, 0.3) is 15.9 Å². The summed E-state index contributed by atoms with van der Waals surface area (Å²) in [6.07, 6.45) is 0. The van der Waals surface area contributed by atoms with E-state index in [0.29, 0.717) is 13.2 Å². The fraction of sp³-hybridized carbons (Fsp3) is 0.250. The smallest absolute Gasteiger partial charge is 0.340 e. The van der Waals surface area contributed by atoms with Gasteiger partial charge in [0.1, 0.15) is 4.21 Å². The van der Waals surface area contributed by atoms with Crippen molar-refractivity contribution in [1.82, 2.24) is 5.32 Å². The lowest BCUT2D eigenvalue weighted by Gasteiger charge is -2.11. The van der Waals surface area contributed by atoms with Crippen LogP contribution in [-0.2, 0) is 24.3 Å². The molecule has 0 aliphatic heterocycles. The van der Waals surface area contributed by atoms with Crippen LogP contribution < -0.4 is 10.0 Å². The lowest BCUT2D eigenvalue weighted by atomic mass is 10.2. The van der Waals surface area contributed by atoms with Crippen LogP contribution in [0.2, 0.25) is 0 Å². The molecule has 10 heteroatoms. The first-order chi connectivity index (χ1) is 12.4. The van der Waals surface area contributed by atoms with E-state index in [-0.39, 0.29) is 15.5 Å². The summed E-state index contributed by atoms with van der Waals surface area (Å²) < 4.78 is 36.9. The summed E-state index contributed by atoms with van der Waals surface area (Å²) in [4.78, 5) is 23.8. The Hall–Kier alpha value is -2.43. The minimum Gasteiger partial charge on any atom is -0.452 e. The maximum absolute atomic E-state index is 12.3. The molecule has 140 valence electrons. The second-order valence-corrected chi connectivity index (χ2v) is 7.86. The highest BCUT2D eigenvalue weighted by Crippen LogP contribution is 2.23. The monoisotopic (exact) mass is 398 g/mol. The van der Waals surface area contributed by atoms with E-state index in [1.165, 1.54) is 25.3 Å². The Balaban J connectivity index is 2.04. The fourth-order valence-electron chi connectivity index (χ4n) is 1.91. The number of sulfonamides is 1. The van der Waals surface area contributed by atoms with Crippen LogP contribution in [0.1, 0.15) is 10.4 Å². The predicted molar refractivity (Wildman–Crippen MR) is 96.7 cm³/mol. The van der Waals surface area contributed by atoms with Crippen molar-refractivity contribution >= 4 is 38.9 Å². The maximum atomic E-state index is 12.3. The van der Waals surface area contributed by atoms with Crippen LogP contribution in [0.25, 0.3) is 0 Å². The van der Waals surface area contributed by atoms with Crippen molar-refractivity contribution in [3.8, 4) is 0 Å². The van der Waals surface area contributed by atoms with E-state index >= 15 is 0 Å². The first-order valence-electron chi connectivity index (χ1n) is 7.52. The summed E-state index contributed by atoms with van der Waals surface area (Å²) in [6.45, 7) is 0.158. The molecule has 0 saturated carbocycles. The van der Waals surface area contributed by atoms with Gasteiger partial charge in [0.15, 0.2) is 6.61 Å². The minimum absolute atomic E-state index is 0.0114. The van der Waals surface area contributed by atoms with Crippen molar-refractivity contribution in [2.24, 2.45) is 0 Å². The van der Waals surface area contributed by atoms with E-state index < -0.39 is 28.5 Å². The molecular formula is C16H18N2O6S2. The first-order valence-corrected chi connectivity index (χ1v) is 9.88. The topological polar surface area (TPSA) is 111 Å². The van der Waals surface area contributed by atoms with Crippen molar-refractivity contribution in [2.75, 3.05) is 31.6 Å². The number of benzene rings is 1. The molecule has 1 aromatic carbocycles. The molecule has 0 fully saturated rings. The number of rotatable bonds is 9. The van der Waals surface area contributed by atoms with Crippen LogP contribution in [0.15, 0.2) is 46.0 Å². The molecule has 2 aromatic rings. The molecule has 1 amide bonds. The Bertz CT molecular complexity index is 849. The third-order valence-corrected chi connectivity index (χ3v) is 5.88. The number of anilines is 1. The third kappa shape index (κ3) is 5.55. The van der Waals surface area contributed by atoms with Crippen LogP contribution in [0.5, 0.6) is 0 Å². The molecule has 0 radical (unpaired) electrons. The quantitative estimate of drug-likeness (QED) is 0.489. The number of hydrogen-bond donors (Lipinski definition) is 2. The summed E-state index contributed by atoms with van der Waals surface area (Å²) in [5.41, 5.74) is 0.0861. The molecule has 0 atom stereocenters. The number of ether oxygens (including phenoxy) is 2. The molecular weight excluding hydrogens is 380 g/mol. The highest BCUT2D eigenvalue weighted by molar-refractivity contribution is 7.94. The second-order valence-electron chi connectivity index (χ2n) is 5.00. The molecule has 1 aromatic heterocycles. The molecule has 0 spiro atoms. The molecule has 26 heavy (non-hydrogen) atoms. The van der Waals surface area contributed by atoms with Crippen LogP contribution in [0.3, 0.4) is 0 Å².